The molecule has 8 heteroatoms. The highest BCUT2D eigenvalue weighted by Crippen LogP contribution is 2.29. The number of likely N-dealkylation sites (tertiary alicyclic amines) is 1. The van der Waals surface area contributed by atoms with Gasteiger partial charge in [-0.1, -0.05) is 18.2 Å². The van der Waals surface area contributed by atoms with E-state index in [9.17, 15) is 22.8 Å². The fourth-order valence-electron chi connectivity index (χ4n) is 3.13. The zero-order valence-electron chi connectivity index (χ0n) is 14.5. The molecule has 2 amide bonds. The number of alkyl halides is 3. The van der Waals surface area contributed by atoms with Gasteiger partial charge in [-0.15, -0.1) is 11.3 Å². The number of nitrogens with one attached hydrogen (secondary N) is 1. The number of carbonyl (C=O) groups excluding carboxylic acids is 2. The third-order valence-electron chi connectivity index (χ3n) is 4.54. The molecular formula is C19H19F3N2O2S. The molecule has 0 saturated carbocycles. The van der Waals surface area contributed by atoms with Crippen LogP contribution in [0.25, 0.3) is 0 Å². The van der Waals surface area contributed by atoms with Gasteiger partial charge in [0, 0.05) is 13.1 Å². The number of nitrogens with zero attached hydrogens (tertiary/aromatic N) is 1. The second kappa shape index (κ2) is 8.12. The summed E-state index contributed by atoms with van der Waals surface area (Å²) in [6.45, 7) is 0.857. The van der Waals surface area contributed by atoms with Crippen molar-refractivity contribution < 1.29 is 22.8 Å². The van der Waals surface area contributed by atoms with Gasteiger partial charge >= 0.3 is 6.18 Å². The SMILES string of the molecule is O=C(NCCc1ccc(C(F)(F)F)cc1)[C@@H]1CCCN1C(=O)c1cccs1. The number of thiophene rings is 1. The van der Waals surface area contributed by atoms with Crippen LogP contribution >= 0.6 is 11.3 Å². The molecule has 0 bridgehead atoms. The number of carbonyl (C=O) groups is 2. The molecule has 144 valence electrons. The lowest BCUT2D eigenvalue weighted by atomic mass is 10.1. The minimum absolute atomic E-state index is 0.134. The Bertz CT molecular complexity index is 788. The maximum atomic E-state index is 12.6. The molecule has 1 aromatic heterocycles. The van der Waals surface area contributed by atoms with Gasteiger partial charge < -0.3 is 10.2 Å². The predicted octanol–water partition coefficient (Wildman–Crippen LogP) is 3.73. The van der Waals surface area contributed by atoms with Gasteiger partial charge in [0.05, 0.1) is 10.4 Å². The molecule has 1 aliphatic rings. The van der Waals surface area contributed by atoms with Crippen molar-refractivity contribution in [2.45, 2.75) is 31.5 Å². The van der Waals surface area contributed by atoms with Crippen LogP contribution in [0.5, 0.6) is 0 Å². The minimum atomic E-state index is -4.35. The first-order valence-corrected chi connectivity index (χ1v) is 9.52. The molecule has 0 spiro atoms. The standard InChI is InChI=1S/C19H19F3N2O2S/c20-19(21,22)14-7-5-13(6-8-14)9-10-23-17(25)15-3-1-11-24(15)18(26)16-4-2-12-27-16/h2,4-8,12,15H,1,3,9-11H2,(H,23,25)/t15-/m0/s1. The number of hydrogen-bond donors (Lipinski definition) is 1. The third-order valence-corrected chi connectivity index (χ3v) is 5.40. The minimum Gasteiger partial charge on any atom is -0.354 e. The van der Waals surface area contributed by atoms with Crippen LogP contribution in [0.1, 0.15) is 33.6 Å². The summed E-state index contributed by atoms with van der Waals surface area (Å²) in [5, 5.41) is 4.62. The predicted molar refractivity (Wildman–Crippen MR) is 96.5 cm³/mol. The first-order chi connectivity index (χ1) is 12.9. The molecule has 1 aliphatic heterocycles. The quantitative estimate of drug-likeness (QED) is 0.837. The second-order valence-corrected chi connectivity index (χ2v) is 7.32. The monoisotopic (exact) mass is 396 g/mol. The fourth-order valence-corrected chi connectivity index (χ4v) is 3.81. The van der Waals surface area contributed by atoms with Crippen LogP contribution in [-0.4, -0.2) is 35.8 Å². The molecule has 27 heavy (non-hydrogen) atoms. The van der Waals surface area contributed by atoms with Crippen LogP contribution in [-0.2, 0) is 17.4 Å². The molecule has 1 N–H and O–H groups in total. The van der Waals surface area contributed by atoms with E-state index in [4.69, 9.17) is 0 Å². The largest absolute Gasteiger partial charge is 0.416 e. The Hall–Kier alpha value is -2.35. The van der Waals surface area contributed by atoms with Crippen LogP contribution < -0.4 is 5.32 Å². The summed E-state index contributed by atoms with van der Waals surface area (Å²) in [6, 6.07) is 7.95. The molecule has 2 aromatic rings. The van der Waals surface area contributed by atoms with Gasteiger partial charge in [-0.2, -0.15) is 13.2 Å². The Balaban J connectivity index is 1.52. The molecule has 4 nitrogen and oxygen atoms in total. The van der Waals surface area contributed by atoms with Crippen LogP contribution in [0.4, 0.5) is 13.2 Å². The summed E-state index contributed by atoms with van der Waals surface area (Å²) in [6.07, 6.45) is -2.54. The smallest absolute Gasteiger partial charge is 0.354 e. The number of halogens is 3. The van der Waals surface area contributed by atoms with Crippen molar-refractivity contribution in [3.05, 3.63) is 57.8 Å². The van der Waals surface area contributed by atoms with Gasteiger partial charge in [-0.3, -0.25) is 9.59 Å². The maximum absolute atomic E-state index is 12.6. The highest BCUT2D eigenvalue weighted by Gasteiger charge is 2.34. The molecule has 0 aliphatic carbocycles. The van der Waals surface area contributed by atoms with Crippen LogP contribution in [0.3, 0.4) is 0 Å². The number of benzene rings is 1. The summed E-state index contributed by atoms with van der Waals surface area (Å²) in [5.74, 6) is -0.352. The topological polar surface area (TPSA) is 49.4 Å². The van der Waals surface area contributed by atoms with Crippen LogP contribution in [0.2, 0.25) is 0 Å². The molecule has 2 heterocycles. The van der Waals surface area contributed by atoms with E-state index < -0.39 is 17.8 Å². The number of hydrogen-bond acceptors (Lipinski definition) is 3. The van der Waals surface area contributed by atoms with E-state index in [1.54, 1.807) is 17.0 Å². The zero-order valence-corrected chi connectivity index (χ0v) is 15.3. The average Bonchev–Trinajstić information content (AvgIpc) is 3.32. The van der Waals surface area contributed by atoms with E-state index in [1.165, 1.54) is 23.5 Å². The van der Waals surface area contributed by atoms with Gasteiger partial charge in [-0.25, -0.2) is 0 Å². The van der Waals surface area contributed by atoms with Gasteiger partial charge in [0.1, 0.15) is 6.04 Å². The summed E-state index contributed by atoms with van der Waals surface area (Å²) in [4.78, 5) is 27.2. The summed E-state index contributed by atoms with van der Waals surface area (Å²) in [7, 11) is 0. The molecule has 3 rings (SSSR count). The number of amides is 2. The normalized spacial score (nSPS) is 17.1. The van der Waals surface area contributed by atoms with Gasteiger partial charge in [0.25, 0.3) is 5.91 Å². The van der Waals surface area contributed by atoms with Crippen molar-refractivity contribution >= 4 is 23.2 Å². The summed E-state index contributed by atoms with van der Waals surface area (Å²) < 4.78 is 37.7. The van der Waals surface area contributed by atoms with Gasteiger partial charge in [0.15, 0.2) is 0 Å². The van der Waals surface area contributed by atoms with Crippen molar-refractivity contribution in [1.82, 2.24) is 10.2 Å². The lowest BCUT2D eigenvalue weighted by Crippen LogP contribution is -2.46. The van der Waals surface area contributed by atoms with Crippen molar-refractivity contribution in [1.29, 1.82) is 0 Å². The van der Waals surface area contributed by atoms with Crippen molar-refractivity contribution in [2.75, 3.05) is 13.1 Å². The van der Waals surface area contributed by atoms with Gasteiger partial charge in [0.2, 0.25) is 5.91 Å². The summed E-state index contributed by atoms with van der Waals surface area (Å²) in [5.41, 5.74) is 0.0187. The van der Waals surface area contributed by atoms with E-state index in [2.05, 4.69) is 5.32 Å². The molecule has 1 atom stereocenters. The lowest BCUT2D eigenvalue weighted by molar-refractivity contribution is -0.137. The molecule has 0 unspecified atom stereocenters. The Labute approximate surface area is 159 Å². The molecule has 1 aromatic carbocycles. The lowest BCUT2D eigenvalue weighted by Gasteiger charge is -2.23. The van der Waals surface area contributed by atoms with Crippen molar-refractivity contribution in [3.63, 3.8) is 0 Å². The Morgan fingerprint density at radius 3 is 2.56 bits per heavy atom. The maximum Gasteiger partial charge on any atom is 0.416 e. The van der Waals surface area contributed by atoms with E-state index in [0.717, 1.165) is 18.6 Å². The first-order valence-electron chi connectivity index (χ1n) is 8.64. The Morgan fingerprint density at radius 1 is 1.19 bits per heavy atom. The number of rotatable bonds is 5. The molecule has 1 saturated heterocycles. The van der Waals surface area contributed by atoms with Gasteiger partial charge in [-0.05, 0) is 48.4 Å². The molecular weight excluding hydrogens is 377 g/mol. The second-order valence-electron chi connectivity index (χ2n) is 6.37. The van der Waals surface area contributed by atoms with E-state index in [1.807, 2.05) is 5.38 Å². The van der Waals surface area contributed by atoms with Crippen molar-refractivity contribution in [2.24, 2.45) is 0 Å². The summed E-state index contributed by atoms with van der Waals surface area (Å²) >= 11 is 1.35. The van der Waals surface area contributed by atoms with E-state index in [0.29, 0.717) is 36.4 Å². The average molecular weight is 396 g/mol. The zero-order chi connectivity index (χ0) is 19.4. The highest BCUT2D eigenvalue weighted by molar-refractivity contribution is 7.12. The first kappa shape index (κ1) is 19.4. The van der Waals surface area contributed by atoms with Crippen LogP contribution in [0, 0.1) is 0 Å². The molecule has 1 fully saturated rings. The highest BCUT2D eigenvalue weighted by atomic mass is 32.1. The third kappa shape index (κ3) is 4.68. The molecule has 0 radical (unpaired) electrons. The Kier molecular flexibility index (Phi) is 5.84. The Morgan fingerprint density at radius 2 is 1.93 bits per heavy atom. The van der Waals surface area contributed by atoms with E-state index in [-0.39, 0.29) is 11.8 Å². The van der Waals surface area contributed by atoms with E-state index >= 15 is 0 Å². The van der Waals surface area contributed by atoms with Crippen molar-refractivity contribution in [3.8, 4) is 0 Å². The fraction of sp³-hybridized carbons (Fsp3) is 0.368. The van der Waals surface area contributed by atoms with Crippen LogP contribution in [0.15, 0.2) is 41.8 Å².